The molecule has 98 valence electrons. The standard InChI is InChI=1S/C12H23N3O2/c1-4-13-11(16)8-15(3)12(17)10-6-5-7-14-9(10)2/h9-10,14H,4-8H2,1-3H3,(H,13,16). The molecule has 0 aliphatic carbocycles. The lowest BCUT2D eigenvalue weighted by molar-refractivity contribution is -0.139. The molecule has 2 atom stereocenters. The van der Waals surface area contributed by atoms with Crippen LogP contribution in [0.15, 0.2) is 0 Å². The molecule has 1 rings (SSSR count). The summed E-state index contributed by atoms with van der Waals surface area (Å²) in [6, 6.07) is 0.202. The predicted octanol–water partition coefficient (Wildman–Crippen LogP) is -0.0310. The minimum Gasteiger partial charge on any atom is -0.355 e. The van der Waals surface area contributed by atoms with Crippen molar-refractivity contribution in [2.45, 2.75) is 32.7 Å². The lowest BCUT2D eigenvalue weighted by atomic mass is 9.91. The van der Waals surface area contributed by atoms with Crippen molar-refractivity contribution in [3.63, 3.8) is 0 Å². The normalized spacial score (nSPS) is 24.2. The number of nitrogens with zero attached hydrogens (tertiary/aromatic N) is 1. The Morgan fingerprint density at radius 2 is 2.18 bits per heavy atom. The van der Waals surface area contributed by atoms with Crippen LogP contribution in [-0.2, 0) is 9.59 Å². The molecule has 1 heterocycles. The number of piperidine rings is 1. The Morgan fingerprint density at radius 1 is 1.47 bits per heavy atom. The van der Waals surface area contributed by atoms with Gasteiger partial charge in [-0.15, -0.1) is 0 Å². The van der Waals surface area contributed by atoms with Crippen molar-refractivity contribution in [1.29, 1.82) is 0 Å². The fraction of sp³-hybridized carbons (Fsp3) is 0.833. The summed E-state index contributed by atoms with van der Waals surface area (Å²) in [5.74, 6) is -0.0288. The van der Waals surface area contributed by atoms with E-state index in [-0.39, 0.29) is 30.3 Å². The number of hydrogen-bond donors (Lipinski definition) is 2. The molecular formula is C12H23N3O2. The lowest BCUT2D eigenvalue weighted by Crippen LogP contribution is -2.49. The summed E-state index contributed by atoms with van der Waals surface area (Å²) < 4.78 is 0. The fourth-order valence-corrected chi connectivity index (χ4v) is 2.21. The van der Waals surface area contributed by atoms with Crippen LogP contribution in [0.1, 0.15) is 26.7 Å². The molecule has 5 nitrogen and oxygen atoms in total. The van der Waals surface area contributed by atoms with Crippen molar-refractivity contribution in [1.82, 2.24) is 15.5 Å². The van der Waals surface area contributed by atoms with Crippen molar-refractivity contribution in [3.8, 4) is 0 Å². The Balaban J connectivity index is 2.47. The highest BCUT2D eigenvalue weighted by atomic mass is 16.2. The van der Waals surface area contributed by atoms with Crippen LogP contribution in [0, 0.1) is 5.92 Å². The largest absolute Gasteiger partial charge is 0.355 e. The molecule has 0 spiro atoms. The summed E-state index contributed by atoms with van der Waals surface area (Å²) in [7, 11) is 1.69. The van der Waals surface area contributed by atoms with Gasteiger partial charge in [-0.3, -0.25) is 9.59 Å². The number of likely N-dealkylation sites (N-methyl/N-ethyl adjacent to an activating group) is 2. The van der Waals surface area contributed by atoms with Crippen LogP contribution in [0.25, 0.3) is 0 Å². The second kappa shape index (κ2) is 6.59. The van der Waals surface area contributed by atoms with Gasteiger partial charge in [-0.25, -0.2) is 0 Å². The Labute approximate surface area is 103 Å². The van der Waals surface area contributed by atoms with Crippen LogP contribution in [0.4, 0.5) is 0 Å². The summed E-state index contributed by atoms with van der Waals surface area (Å²) in [6.45, 7) is 5.62. The maximum Gasteiger partial charge on any atom is 0.239 e. The summed E-state index contributed by atoms with van der Waals surface area (Å²) >= 11 is 0. The Morgan fingerprint density at radius 3 is 2.76 bits per heavy atom. The van der Waals surface area contributed by atoms with Gasteiger partial charge >= 0.3 is 0 Å². The molecule has 2 amide bonds. The molecule has 1 aliphatic rings. The fourth-order valence-electron chi connectivity index (χ4n) is 2.21. The van der Waals surface area contributed by atoms with Crippen LogP contribution in [0.2, 0.25) is 0 Å². The first kappa shape index (κ1) is 14.0. The van der Waals surface area contributed by atoms with E-state index in [2.05, 4.69) is 10.6 Å². The van der Waals surface area contributed by atoms with E-state index in [4.69, 9.17) is 0 Å². The molecule has 17 heavy (non-hydrogen) atoms. The first-order chi connectivity index (χ1) is 8.06. The van der Waals surface area contributed by atoms with Crippen molar-refractivity contribution in [2.24, 2.45) is 5.92 Å². The quantitative estimate of drug-likeness (QED) is 0.726. The van der Waals surface area contributed by atoms with Gasteiger partial charge in [-0.05, 0) is 33.2 Å². The molecular weight excluding hydrogens is 218 g/mol. The number of carbonyl (C=O) groups is 2. The third-order valence-electron chi connectivity index (χ3n) is 3.21. The third-order valence-corrected chi connectivity index (χ3v) is 3.21. The molecule has 0 aromatic carbocycles. The van der Waals surface area contributed by atoms with Crippen molar-refractivity contribution in [3.05, 3.63) is 0 Å². The second-order valence-electron chi connectivity index (χ2n) is 4.64. The molecule has 1 aliphatic heterocycles. The zero-order valence-electron chi connectivity index (χ0n) is 11.0. The maximum atomic E-state index is 12.2. The van der Waals surface area contributed by atoms with E-state index in [1.807, 2.05) is 13.8 Å². The van der Waals surface area contributed by atoms with Crippen LogP contribution in [0.5, 0.6) is 0 Å². The van der Waals surface area contributed by atoms with E-state index in [1.165, 1.54) is 4.90 Å². The van der Waals surface area contributed by atoms with Crippen molar-refractivity contribution >= 4 is 11.8 Å². The number of rotatable bonds is 4. The minimum atomic E-state index is -0.0974. The molecule has 2 N–H and O–H groups in total. The van der Waals surface area contributed by atoms with Crippen LogP contribution in [-0.4, -0.2) is 49.4 Å². The molecule has 0 aromatic rings. The Kier molecular flexibility index (Phi) is 5.41. The molecule has 1 saturated heterocycles. The summed E-state index contributed by atoms with van der Waals surface area (Å²) in [4.78, 5) is 25.1. The summed E-state index contributed by atoms with van der Waals surface area (Å²) in [5, 5.41) is 6.00. The van der Waals surface area contributed by atoms with E-state index >= 15 is 0 Å². The van der Waals surface area contributed by atoms with Gasteiger partial charge in [-0.1, -0.05) is 0 Å². The zero-order valence-corrected chi connectivity index (χ0v) is 11.0. The number of amides is 2. The second-order valence-corrected chi connectivity index (χ2v) is 4.64. The summed E-state index contributed by atoms with van der Waals surface area (Å²) in [5.41, 5.74) is 0. The highest BCUT2D eigenvalue weighted by Gasteiger charge is 2.30. The van der Waals surface area contributed by atoms with Gasteiger partial charge in [0.2, 0.25) is 11.8 Å². The molecule has 2 unspecified atom stereocenters. The first-order valence-electron chi connectivity index (χ1n) is 6.31. The Hall–Kier alpha value is -1.10. The van der Waals surface area contributed by atoms with E-state index in [1.54, 1.807) is 7.05 Å². The predicted molar refractivity (Wildman–Crippen MR) is 66.5 cm³/mol. The van der Waals surface area contributed by atoms with Crippen LogP contribution in [0.3, 0.4) is 0 Å². The number of nitrogens with one attached hydrogen (secondary N) is 2. The topological polar surface area (TPSA) is 61.4 Å². The first-order valence-corrected chi connectivity index (χ1v) is 6.31. The third kappa shape index (κ3) is 4.00. The SMILES string of the molecule is CCNC(=O)CN(C)C(=O)C1CCCNC1C. The van der Waals surface area contributed by atoms with E-state index in [0.717, 1.165) is 19.4 Å². The van der Waals surface area contributed by atoms with Crippen LogP contribution < -0.4 is 10.6 Å². The van der Waals surface area contributed by atoms with Gasteiger partial charge in [0, 0.05) is 19.6 Å². The smallest absolute Gasteiger partial charge is 0.239 e. The maximum absolute atomic E-state index is 12.2. The molecule has 0 saturated carbocycles. The molecule has 5 heteroatoms. The van der Waals surface area contributed by atoms with Crippen molar-refractivity contribution < 1.29 is 9.59 Å². The molecule has 1 fully saturated rings. The average Bonchev–Trinajstić information content (AvgIpc) is 2.29. The highest BCUT2D eigenvalue weighted by Crippen LogP contribution is 2.18. The van der Waals surface area contributed by atoms with Gasteiger partial charge in [-0.2, -0.15) is 0 Å². The monoisotopic (exact) mass is 241 g/mol. The number of hydrogen-bond acceptors (Lipinski definition) is 3. The highest BCUT2D eigenvalue weighted by molar-refractivity contribution is 5.86. The number of carbonyl (C=O) groups excluding carboxylic acids is 2. The van der Waals surface area contributed by atoms with Crippen molar-refractivity contribution in [2.75, 3.05) is 26.7 Å². The molecule has 0 bridgehead atoms. The van der Waals surface area contributed by atoms with Gasteiger partial charge in [0.25, 0.3) is 0 Å². The van der Waals surface area contributed by atoms with E-state index in [0.29, 0.717) is 6.54 Å². The van der Waals surface area contributed by atoms with E-state index < -0.39 is 0 Å². The van der Waals surface area contributed by atoms with E-state index in [9.17, 15) is 9.59 Å². The van der Waals surface area contributed by atoms with Gasteiger partial charge in [0.15, 0.2) is 0 Å². The van der Waals surface area contributed by atoms with Gasteiger partial charge in [0.05, 0.1) is 12.5 Å². The van der Waals surface area contributed by atoms with Crippen LogP contribution >= 0.6 is 0 Å². The zero-order chi connectivity index (χ0) is 12.8. The lowest BCUT2D eigenvalue weighted by Gasteiger charge is -2.31. The van der Waals surface area contributed by atoms with Gasteiger partial charge in [0.1, 0.15) is 0 Å². The average molecular weight is 241 g/mol. The minimum absolute atomic E-state index is 0.00294. The Bertz CT molecular complexity index is 281. The molecule has 0 radical (unpaired) electrons. The molecule has 0 aromatic heterocycles. The van der Waals surface area contributed by atoms with Gasteiger partial charge < -0.3 is 15.5 Å². The summed E-state index contributed by atoms with van der Waals surface area (Å²) in [6.07, 6.45) is 1.93.